The second-order valence-electron chi connectivity index (χ2n) is 7.08. The van der Waals surface area contributed by atoms with Gasteiger partial charge in [0.1, 0.15) is 5.71 Å². The summed E-state index contributed by atoms with van der Waals surface area (Å²) in [5, 5.41) is 4.11. The Bertz CT molecular complexity index is 1250. The van der Waals surface area contributed by atoms with E-state index in [-0.39, 0.29) is 22.0 Å². The standard InChI is InChI=1S/C25H25N3O4S/c1-3-28(4-2)33(31,32)22-17-11-16-21(18-22)25(30)27-26-23(19-12-7-5-8-13-19)24(29)20-14-9-6-10-15-20/h5-18H,3-4H2,1-2H3,(H,27,30)/b26-23+. The van der Waals surface area contributed by atoms with Gasteiger partial charge in [0.2, 0.25) is 15.8 Å². The molecule has 0 spiro atoms. The Kier molecular flexibility index (Phi) is 7.87. The van der Waals surface area contributed by atoms with Gasteiger partial charge in [-0.3, -0.25) is 9.59 Å². The van der Waals surface area contributed by atoms with Crippen LogP contribution in [-0.2, 0) is 10.0 Å². The summed E-state index contributed by atoms with van der Waals surface area (Å²) in [5.74, 6) is -0.971. The lowest BCUT2D eigenvalue weighted by Crippen LogP contribution is -2.31. The second kappa shape index (κ2) is 10.8. The maximum absolute atomic E-state index is 13.1. The highest BCUT2D eigenvalue weighted by Crippen LogP contribution is 2.17. The minimum Gasteiger partial charge on any atom is -0.287 e. The number of sulfonamides is 1. The van der Waals surface area contributed by atoms with E-state index in [0.717, 1.165) is 0 Å². The Morgan fingerprint density at radius 3 is 1.91 bits per heavy atom. The van der Waals surface area contributed by atoms with E-state index in [1.54, 1.807) is 68.4 Å². The number of hydrogen-bond acceptors (Lipinski definition) is 5. The number of ketones is 1. The molecule has 3 aromatic rings. The van der Waals surface area contributed by atoms with Gasteiger partial charge in [-0.1, -0.05) is 80.6 Å². The van der Waals surface area contributed by atoms with Crippen molar-refractivity contribution in [3.8, 4) is 0 Å². The fourth-order valence-electron chi connectivity index (χ4n) is 3.25. The summed E-state index contributed by atoms with van der Waals surface area (Å²) in [6.45, 7) is 4.14. The molecule has 0 unspecified atom stereocenters. The second-order valence-corrected chi connectivity index (χ2v) is 9.02. The molecule has 33 heavy (non-hydrogen) atoms. The molecular weight excluding hydrogens is 438 g/mol. The summed E-state index contributed by atoms with van der Waals surface area (Å²) in [6, 6.07) is 23.2. The van der Waals surface area contributed by atoms with Crippen LogP contribution in [0.5, 0.6) is 0 Å². The fourth-order valence-corrected chi connectivity index (χ4v) is 4.75. The topological polar surface area (TPSA) is 95.9 Å². The van der Waals surface area contributed by atoms with Crippen molar-refractivity contribution in [1.82, 2.24) is 9.73 Å². The van der Waals surface area contributed by atoms with Gasteiger partial charge in [0.25, 0.3) is 5.91 Å². The van der Waals surface area contributed by atoms with Gasteiger partial charge in [-0.05, 0) is 18.2 Å². The summed E-state index contributed by atoms with van der Waals surface area (Å²) in [6.07, 6.45) is 0. The molecule has 0 bridgehead atoms. The predicted octanol–water partition coefficient (Wildman–Crippen LogP) is 3.73. The molecule has 0 aromatic heterocycles. The van der Waals surface area contributed by atoms with Crippen LogP contribution in [0.25, 0.3) is 0 Å². The molecule has 0 saturated heterocycles. The van der Waals surface area contributed by atoms with E-state index in [9.17, 15) is 18.0 Å². The molecule has 170 valence electrons. The van der Waals surface area contributed by atoms with Crippen LogP contribution in [0.4, 0.5) is 0 Å². The van der Waals surface area contributed by atoms with Crippen molar-refractivity contribution in [2.45, 2.75) is 18.7 Å². The van der Waals surface area contributed by atoms with Gasteiger partial charge < -0.3 is 0 Å². The third-order valence-electron chi connectivity index (χ3n) is 5.01. The van der Waals surface area contributed by atoms with E-state index < -0.39 is 15.9 Å². The maximum atomic E-state index is 13.1. The van der Waals surface area contributed by atoms with E-state index in [1.807, 2.05) is 6.07 Å². The molecule has 1 amide bonds. The summed E-state index contributed by atoms with van der Waals surface area (Å²) in [4.78, 5) is 25.9. The molecule has 8 heteroatoms. The zero-order chi connectivity index (χ0) is 23.8. The summed E-state index contributed by atoms with van der Waals surface area (Å²) in [7, 11) is -3.72. The first kappa shape index (κ1) is 24.0. The maximum Gasteiger partial charge on any atom is 0.271 e. The van der Waals surface area contributed by atoms with Crippen molar-refractivity contribution in [3.05, 3.63) is 102 Å². The quantitative estimate of drug-likeness (QED) is 0.297. The molecule has 0 fully saturated rings. The predicted molar refractivity (Wildman–Crippen MR) is 128 cm³/mol. The molecule has 7 nitrogen and oxygen atoms in total. The minimum atomic E-state index is -3.72. The first-order valence-electron chi connectivity index (χ1n) is 10.5. The van der Waals surface area contributed by atoms with Gasteiger partial charge in [-0.15, -0.1) is 0 Å². The molecule has 0 atom stereocenters. The molecule has 0 saturated carbocycles. The normalized spacial score (nSPS) is 11.9. The Labute approximate surface area is 193 Å². The minimum absolute atomic E-state index is 0.0199. The van der Waals surface area contributed by atoms with Gasteiger partial charge in [0.15, 0.2) is 0 Å². The van der Waals surface area contributed by atoms with Crippen molar-refractivity contribution in [2.75, 3.05) is 13.1 Å². The zero-order valence-corrected chi connectivity index (χ0v) is 19.2. The molecule has 0 aliphatic rings. The van der Waals surface area contributed by atoms with Crippen LogP contribution in [0.1, 0.15) is 40.1 Å². The lowest BCUT2D eigenvalue weighted by molar-refractivity contribution is 0.0954. The van der Waals surface area contributed by atoms with E-state index in [2.05, 4.69) is 10.5 Å². The van der Waals surface area contributed by atoms with Gasteiger partial charge >= 0.3 is 0 Å². The molecule has 0 aliphatic carbocycles. The number of Topliss-reactive ketones (excluding diaryl/α,β-unsaturated/α-hetero) is 1. The summed E-state index contributed by atoms with van der Waals surface area (Å²) >= 11 is 0. The highest BCUT2D eigenvalue weighted by atomic mass is 32.2. The van der Waals surface area contributed by atoms with Crippen LogP contribution in [0, 0.1) is 0 Å². The Morgan fingerprint density at radius 2 is 1.33 bits per heavy atom. The molecule has 3 aromatic carbocycles. The van der Waals surface area contributed by atoms with Crippen molar-refractivity contribution in [2.24, 2.45) is 5.10 Å². The van der Waals surface area contributed by atoms with Crippen LogP contribution < -0.4 is 5.43 Å². The Morgan fingerprint density at radius 1 is 0.788 bits per heavy atom. The third-order valence-corrected chi connectivity index (χ3v) is 7.05. The first-order valence-corrected chi connectivity index (χ1v) is 12.0. The first-order chi connectivity index (χ1) is 15.9. The largest absolute Gasteiger partial charge is 0.287 e. The van der Waals surface area contributed by atoms with Gasteiger partial charge in [0, 0.05) is 29.8 Å². The molecule has 0 aliphatic heterocycles. The molecule has 0 heterocycles. The van der Waals surface area contributed by atoms with Crippen molar-refractivity contribution < 1.29 is 18.0 Å². The van der Waals surface area contributed by atoms with E-state index in [4.69, 9.17) is 0 Å². The average molecular weight is 464 g/mol. The van der Waals surface area contributed by atoms with Gasteiger partial charge in [-0.25, -0.2) is 13.8 Å². The molecule has 1 N–H and O–H groups in total. The van der Waals surface area contributed by atoms with Crippen LogP contribution in [0.15, 0.2) is 94.9 Å². The monoisotopic (exact) mass is 463 g/mol. The van der Waals surface area contributed by atoms with Gasteiger partial charge in [0.05, 0.1) is 4.90 Å². The average Bonchev–Trinajstić information content (AvgIpc) is 2.85. The number of nitrogens with one attached hydrogen (secondary N) is 1. The van der Waals surface area contributed by atoms with Gasteiger partial charge in [-0.2, -0.15) is 9.41 Å². The number of carbonyl (C=O) groups is 2. The Balaban J connectivity index is 1.91. The highest BCUT2D eigenvalue weighted by Gasteiger charge is 2.23. The van der Waals surface area contributed by atoms with Crippen molar-refractivity contribution >= 4 is 27.4 Å². The molecule has 0 radical (unpaired) electrons. The number of carbonyl (C=O) groups excluding carboxylic acids is 2. The number of hydrazone groups is 1. The van der Waals surface area contributed by atoms with Crippen LogP contribution in [0.3, 0.4) is 0 Å². The number of rotatable bonds is 9. The smallest absolute Gasteiger partial charge is 0.271 e. The van der Waals surface area contributed by atoms with Crippen molar-refractivity contribution in [3.63, 3.8) is 0 Å². The lowest BCUT2D eigenvalue weighted by Gasteiger charge is -2.18. The van der Waals surface area contributed by atoms with E-state index in [0.29, 0.717) is 24.2 Å². The molecule has 3 rings (SSSR count). The van der Waals surface area contributed by atoms with E-state index in [1.165, 1.54) is 28.6 Å². The lowest BCUT2D eigenvalue weighted by atomic mass is 10.0. The third kappa shape index (κ3) is 5.60. The van der Waals surface area contributed by atoms with E-state index >= 15 is 0 Å². The van der Waals surface area contributed by atoms with Crippen LogP contribution >= 0.6 is 0 Å². The number of benzene rings is 3. The number of nitrogens with zero attached hydrogens (tertiary/aromatic N) is 2. The highest BCUT2D eigenvalue weighted by molar-refractivity contribution is 7.89. The number of hydrogen-bond donors (Lipinski definition) is 1. The number of amides is 1. The summed E-state index contributed by atoms with van der Waals surface area (Å²) in [5.41, 5.74) is 3.57. The van der Waals surface area contributed by atoms with Crippen molar-refractivity contribution in [1.29, 1.82) is 0 Å². The van der Waals surface area contributed by atoms with Crippen LogP contribution in [0.2, 0.25) is 0 Å². The molecular formula is C25H25N3O4S. The zero-order valence-electron chi connectivity index (χ0n) is 18.4. The fraction of sp³-hybridized carbons (Fsp3) is 0.160. The van der Waals surface area contributed by atoms with Crippen LogP contribution in [-0.4, -0.2) is 43.2 Å². The summed E-state index contributed by atoms with van der Waals surface area (Å²) < 4.78 is 26.9. The SMILES string of the molecule is CCN(CC)S(=O)(=O)c1cccc(C(=O)N/N=C(/C(=O)c2ccccc2)c2ccccc2)c1. The Hall–Kier alpha value is -3.62.